The van der Waals surface area contributed by atoms with Gasteiger partial charge < -0.3 is 19.3 Å². The number of allylic oxidation sites excluding steroid dienone is 1. The van der Waals surface area contributed by atoms with Crippen molar-refractivity contribution in [2.75, 3.05) is 44.2 Å². The quantitative estimate of drug-likeness (QED) is 0.111. The van der Waals surface area contributed by atoms with Crippen molar-refractivity contribution in [3.05, 3.63) is 198 Å². The van der Waals surface area contributed by atoms with Crippen LogP contribution in [0.3, 0.4) is 0 Å². The van der Waals surface area contributed by atoms with E-state index in [9.17, 15) is 9.59 Å². The number of piperidine rings is 1. The van der Waals surface area contributed by atoms with Crippen LogP contribution in [0.4, 0.5) is 5.69 Å². The van der Waals surface area contributed by atoms with Gasteiger partial charge in [-0.2, -0.15) is 0 Å². The minimum absolute atomic E-state index is 0.0302. The fourth-order valence-electron chi connectivity index (χ4n) is 9.86. The van der Waals surface area contributed by atoms with E-state index in [1.54, 1.807) is 0 Å². The average molecular weight is 766 g/mol. The Labute approximate surface area is 342 Å². The van der Waals surface area contributed by atoms with E-state index in [1.165, 1.54) is 11.1 Å². The molecule has 58 heavy (non-hydrogen) atoms. The van der Waals surface area contributed by atoms with Crippen LogP contribution < -0.4 is 4.90 Å². The number of aromatic nitrogens is 2. The Kier molecular flexibility index (Phi) is 10.6. The Bertz CT molecular complexity index is 2250. The summed E-state index contributed by atoms with van der Waals surface area (Å²) in [5.41, 5.74) is 7.58. The largest absolute Gasteiger partial charge is 0.341 e. The van der Waals surface area contributed by atoms with E-state index in [-0.39, 0.29) is 23.7 Å². The molecule has 3 aliphatic rings. The Balaban J connectivity index is 0.887. The number of carbonyl (C=O) groups is 2. The number of benzene rings is 5. The highest BCUT2D eigenvalue weighted by molar-refractivity contribution is 5.99. The lowest BCUT2D eigenvalue weighted by Crippen LogP contribution is -2.43. The maximum Gasteiger partial charge on any atom is 0.232 e. The molecule has 1 aliphatic carbocycles. The van der Waals surface area contributed by atoms with Crippen LogP contribution in [0.25, 0.3) is 6.08 Å². The van der Waals surface area contributed by atoms with E-state index >= 15 is 0 Å². The molecule has 1 atom stereocenters. The highest BCUT2D eigenvalue weighted by Crippen LogP contribution is 2.44. The van der Waals surface area contributed by atoms with Crippen LogP contribution in [0.5, 0.6) is 0 Å². The van der Waals surface area contributed by atoms with Gasteiger partial charge in [0.15, 0.2) is 0 Å². The van der Waals surface area contributed by atoms with E-state index in [1.807, 2.05) is 70.9 Å². The standard InChI is InChI=1S/C51H51N5O2/c57-48-36-41(49(58)55(45-23-11-4-12-24-45)32-15-31-53-34-29-50(30-35-53)28-26-40-16-13-14-25-47(40)50)38-54(48)33-27-46-37-52-39-56(46)51(42-17-5-1-6-18-42,43-19-7-2-8-20-43)44-21-9-3-10-22-44/h1-14,16-26,28,37,39,41H,15,27,29-36,38H2. The van der Waals surface area contributed by atoms with Crippen LogP contribution >= 0.6 is 0 Å². The molecule has 2 saturated heterocycles. The van der Waals surface area contributed by atoms with Crippen molar-refractivity contribution in [2.45, 2.75) is 43.1 Å². The van der Waals surface area contributed by atoms with Crippen LogP contribution in [0, 0.1) is 5.92 Å². The summed E-state index contributed by atoms with van der Waals surface area (Å²) in [4.78, 5) is 39.2. The first kappa shape index (κ1) is 37.5. The number of fused-ring (bicyclic) bond motifs is 2. The lowest BCUT2D eigenvalue weighted by Gasteiger charge is -2.39. The van der Waals surface area contributed by atoms with Crippen molar-refractivity contribution in [1.29, 1.82) is 0 Å². The molecule has 0 saturated carbocycles. The van der Waals surface area contributed by atoms with Gasteiger partial charge >= 0.3 is 0 Å². The summed E-state index contributed by atoms with van der Waals surface area (Å²) >= 11 is 0. The number of nitrogens with zero attached hydrogens (tertiary/aromatic N) is 5. The summed E-state index contributed by atoms with van der Waals surface area (Å²) in [5, 5.41) is 0. The molecule has 2 fully saturated rings. The molecular formula is C51H51N5O2. The molecule has 7 heteroatoms. The zero-order chi connectivity index (χ0) is 39.4. The third kappa shape index (κ3) is 7.09. The highest BCUT2D eigenvalue weighted by atomic mass is 16.2. The molecule has 0 N–H and O–H groups in total. The summed E-state index contributed by atoms with van der Waals surface area (Å²) < 4.78 is 2.28. The number of amides is 2. The predicted molar refractivity (Wildman–Crippen MR) is 231 cm³/mol. The van der Waals surface area contributed by atoms with E-state index in [0.717, 1.165) is 67.0 Å². The van der Waals surface area contributed by atoms with Gasteiger partial charge in [-0.25, -0.2) is 4.98 Å². The summed E-state index contributed by atoms with van der Waals surface area (Å²) in [7, 11) is 0. The van der Waals surface area contributed by atoms with Crippen molar-refractivity contribution < 1.29 is 9.59 Å². The van der Waals surface area contributed by atoms with Gasteiger partial charge in [0.05, 0.1) is 12.2 Å². The van der Waals surface area contributed by atoms with Gasteiger partial charge in [0.2, 0.25) is 11.8 Å². The van der Waals surface area contributed by atoms with Gasteiger partial charge in [-0.1, -0.05) is 146 Å². The second-order valence-corrected chi connectivity index (χ2v) is 16.2. The van der Waals surface area contributed by atoms with Crippen LogP contribution in [0.2, 0.25) is 0 Å². The van der Waals surface area contributed by atoms with E-state index in [2.05, 4.69) is 119 Å². The molecule has 7 nitrogen and oxygen atoms in total. The van der Waals surface area contributed by atoms with E-state index in [0.29, 0.717) is 26.1 Å². The smallest absolute Gasteiger partial charge is 0.232 e. The molecule has 5 aromatic carbocycles. The van der Waals surface area contributed by atoms with Crippen LogP contribution in [-0.4, -0.2) is 70.4 Å². The average Bonchev–Trinajstić information content (AvgIpc) is 4.01. The fraction of sp³-hybridized carbons (Fsp3) is 0.275. The monoisotopic (exact) mass is 765 g/mol. The van der Waals surface area contributed by atoms with Crippen molar-refractivity contribution in [1.82, 2.24) is 19.4 Å². The molecule has 0 bridgehead atoms. The van der Waals surface area contributed by atoms with Gasteiger partial charge in [0.1, 0.15) is 5.54 Å². The normalized spacial score (nSPS) is 17.5. The number of hydrogen-bond donors (Lipinski definition) is 0. The number of rotatable bonds is 13. The maximum absolute atomic E-state index is 14.4. The second kappa shape index (κ2) is 16.4. The third-order valence-electron chi connectivity index (χ3n) is 12.9. The Morgan fingerprint density at radius 2 is 1.33 bits per heavy atom. The molecule has 1 unspecified atom stereocenters. The molecule has 1 aromatic heterocycles. The maximum atomic E-state index is 14.4. The number of para-hydroxylation sites is 1. The van der Waals surface area contributed by atoms with Gasteiger partial charge in [0, 0.05) is 55.5 Å². The van der Waals surface area contributed by atoms with Crippen molar-refractivity contribution in [3.8, 4) is 0 Å². The SMILES string of the molecule is O=C1CC(C(=O)N(CCCN2CCC3(C=Cc4ccccc43)CC2)c2ccccc2)CN1CCc1cncn1C(c1ccccc1)(c1ccccc1)c1ccccc1. The first-order valence-corrected chi connectivity index (χ1v) is 20.9. The zero-order valence-corrected chi connectivity index (χ0v) is 33.1. The molecule has 0 radical (unpaired) electrons. The van der Waals surface area contributed by atoms with Crippen LogP contribution in [0.1, 0.15) is 59.2 Å². The van der Waals surface area contributed by atoms with Gasteiger partial charge in [0.25, 0.3) is 0 Å². The summed E-state index contributed by atoms with van der Waals surface area (Å²) in [6, 6.07) is 50.5. The second-order valence-electron chi connectivity index (χ2n) is 16.2. The Morgan fingerprint density at radius 3 is 1.97 bits per heavy atom. The number of carbonyl (C=O) groups excluding carboxylic acids is 2. The van der Waals surface area contributed by atoms with Crippen molar-refractivity contribution in [3.63, 3.8) is 0 Å². The lowest BCUT2D eigenvalue weighted by atomic mass is 9.74. The van der Waals surface area contributed by atoms with E-state index in [4.69, 9.17) is 4.98 Å². The minimum atomic E-state index is -0.687. The predicted octanol–water partition coefficient (Wildman–Crippen LogP) is 8.60. The molecule has 1 spiro atoms. The number of likely N-dealkylation sites (tertiary alicyclic amines) is 2. The zero-order valence-electron chi connectivity index (χ0n) is 33.1. The fourth-order valence-corrected chi connectivity index (χ4v) is 9.86. The highest BCUT2D eigenvalue weighted by Gasteiger charge is 2.41. The molecule has 3 heterocycles. The molecule has 9 rings (SSSR count). The summed E-state index contributed by atoms with van der Waals surface area (Å²) in [6.07, 6.45) is 12.5. The Hall–Kier alpha value is -6.05. The molecular weight excluding hydrogens is 715 g/mol. The van der Waals surface area contributed by atoms with Crippen LogP contribution in [-0.2, 0) is 27.0 Å². The van der Waals surface area contributed by atoms with Gasteiger partial charge in [-0.05, 0) is 78.8 Å². The minimum Gasteiger partial charge on any atom is -0.341 e. The number of imidazole rings is 1. The number of hydrogen-bond acceptors (Lipinski definition) is 4. The third-order valence-corrected chi connectivity index (χ3v) is 12.9. The number of anilines is 1. The first-order valence-electron chi connectivity index (χ1n) is 20.9. The summed E-state index contributed by atoms with van der Waals surface area (Å²) in [5.74, 6) is -0.324. The van der Waals surface area contributed by atoms with Gasteiger partial charge in [-0.15, -0.1) is 0 Å². The molecule has 292 valence electrons. The van der Waals surface area contributed by atoms with Crippen molar-refractivity contribution in [2.24, 2.45) is 5.92 Å². The van der Waals surface area contributed by atoms with Gasteiger partial charge in [-0.3, -0.25) is 9.59 Å². The molecule has 6 aromatic rings. The molecule has 2 amide bonds. The molecule has 2 aliphatic heterocycles. The topological polar surface area (TPSA) is 61.7 Å². The summed E-state index contributed by atoms with van der Waals surface area (Å²) in [6.45, 7) is 4.58. The first-order chi connectivity index (χ1) is 28.5. The lowest BCUT2D eigenvalue weighted by molar-refractivity contribution is -0.128. The van der Waals surface area contributed by atoms with Crippen molar-refractivity contribution >= 4 is 23.6 Å². The van der Waals surface area contributed by atoms with Crippen LogP contribution in [0.15, 0.2) is 164 Å². The van der Waals surface area contributed by atoms with E-state index < -0.39 is 11.5 Å². The Morgan fingerprint density at radius 1 is 0.741 bits per heavy atom.